The molecule has 11 heteroatoms. The van der Waals surface area contributed by atoms with Crippen molar-refractivity contribution in [2.75, 3.05) is 10.8 Å². The second-order valence-corrected chi connectivity index (χ2v) is 13.2. The lowest BCUT2D eigenvalue weighted by Crippen LogP contribution is -2.54. The number of rotatable bonds is 13. The maximum atomic E-state index is 15.0. The first-order valence-corrected chi connectivity index (χ1v) is 16.6. The van der Waals surface area contributed by atoms with Gasteiger partial charge in [-0.25, -0.2) is 12.8 Å². The number of nitrogens with one attached hydrogen (secondary N) is 1. The van der Waals surface area contributed by atoms with Crippen molar-refractivity contribution >= 4 is 50.7 Å². The van der Waals surface area contributed by atoms with Crippen molar-refractivity contribution in [1.29, 1.82) is 0 Å². The van der Waals surface area contributed by atoms with E-state index in [1.165, 1.54) is 53.4 Å². The topological polar surface area (TPSA) is 86.8 Å². The quantitative estimate of drug-likeness (QED) is 0.168. The van der Waals surface area contributed by atoms with Crippen LogP contribution in [0.25, 0.3) is 0 Å². The first kappa shape index (κ1) is 34.0. The molecule has 0 aromatic heterocycles. The highest BCUT2D eigenvalue weighted by molar-refractivity contribution is 7.92. The Labute approximate surface area is 273 Å². The van der Waals surface area contributed by atoms with Crippen LogP contribution in [0.3, 0.4) is 0 Å². The molecule has 4 rings (SSSR count). The minimum absolute atomic E-state index is 0.0557. The van der Waals surface area contributed by atoms with Gasteiger partial charge in [0.1, 0.15) is 18.4 Å². The summed E-state index contributed by atoms with van der Waals surface area (Å²) in [7, 11) is -4.31. The van der Waals surface area contributed by atoms with Crippen molar-refractivity contribution in [2.24, 2.45) is 0 Å². The van der Waals surface area contributed by atoms with Crippen LogP contribution in [0.2, 0.25) is 10.0 Å². The third-order valence-corrected chi connectivity index (χ3v) is 9.90. The molecule has 4 aromatic carbocycles. The second-order valence-electron chi connectivity index (χ2n) is 10.6. The van der Waals surface area contributed by atoms with Gasteiger partial charge in [0, 0.05) is 24.6 Å². The Morgan fingerprint density at radius 2 is 1.49 bits per heavy atom. The van der Waals surface area contributed by atoms with Gasteiger partial charge >= 0.3 is 0 Å². The zero-order chi connectivity index (χ0) is 32.6. The summed E-state index contributed by atoms with van der Waals surface area (Å²) in [6.07, 6.45) is 0.757. The van der Waals surface area contributed by atoms with Crippen molar-refractivity contribution < 1.29 is 22.4 Å². The van der Waals surface area contributed by atoms with Gasteiger partial charge in [-0.15, -0.1) is 0 Å². The van der Waals surface area contributed by atoms with Gasteiger partial charge in [-0.3, -0.25) is 13.9 Å². The molecule has 45 heavy (non-hydrogen) atoms. The van der Waals surface area contributed by atoms with E-state index < -0.39 is 40.2 Å². The highest BCUT2D eigenvalue weighted by atomic mass is 35.5. The molecule has 0 heterocycles. The van der Waals surface area contributed by atoms with Gasteiger partial charge in [-0.05, 0) is 55.3 Å². The minimum atomic E-state index is -4.31. The molecule has 7 nitrogen and oxygen atoms in total. The standard InChI is InChI=1S/C34H34Cl2FN3O4S/c1-3-24(2)38-34(42)32(20-25-12-6-4-7-13-25)39(22-26-14-10-11-17-31(26)37)33(41)23-40(27-18-19-29(35)30(36)21-27)45(43,44)28-15-8-5-9-16-28/h4-19,21,24,32H,3,20,22-23H2,1-2H3,(H,38,42). The monoisotopic (exact) mass is 669 g/mol. The van der Waals surface area contributed by atoms with Gasteiger partial charge in [-0.1, -0.05) is 96.9 Å². The first-order valence-electron chi connectivity index (χ1n) is 14.4. The normalized spacial score (nSPS) is 12.6. The Bertz CT molecular complexity index is 1730. The zero-order valence-electron chi connectivity index (χ0n) is 24.9. The third kappa shape index (κ3) is 8.63. The van der Waals surface area contributed by atoms with E-state index in [0.29, 0.717) is 6.42 Å². The Balaban J connectivity index is 1.83. The molecular formula is C34H34Cl2FN3O4S. The summed E-state index contributed by atoms with van der Waals surface area (Å²) >= 11 is 12.4. The van der Waals surface area contributed by atoms with E-state index in [9.17, 15) is 18.0 Å². The SMILES string of the molecule is CCC(C)NC(=O)C(Cc1ccccc1)N(Cc1ccccc1F)C(=O)CN(c1ccc(Cl)c(Cl)c1)S(=O)(=O)c1ccccc1. The van der Waals surface area contributed by atoms with Crippen molar-refractivity contribution in [3.8, 4) is 0 Å². The molecule has 0 aliphatic rings. The molecule has 0 bridgehead atoms. The summed E-state index contributed by atoms with van der Waals surface area (Å²) in [6, 6.07) is 25.7. The molecule has 0 aliphatic heterocycles. The lowest BCUT2D eigenvalue weighted by Gasteiger charge is -2.34. The molecule has 2 unspecified atom stereocenters. The Kier molecular flexibility index (Phi) is 11.6. The largest absolute Gasteiger partial charge is 0.352 e. The fraction of sp³-hybridized carbons (Fsp3) is 0.235. The third-order valence-electron chi connectivity index (χ3n) is 7.37. The van der Waals surface area contributed by atoms with Gasteiger partial charge in [0.15, 0.2) is 0 Å². The van der Waals surface area contributed by atoms with E-state index in [2.05, 4.69) is 5.32 Å². The molecule has 2 atom stereocenters. The zero-order valence-corrected chi connectivity index (χ0v) is 27.2. The van der Waals surface area contributed by atoms with Crippen LogP contribution in [0.4, 0.5) is 10.1 Å². The number of carbonyl (C=O) groups is 2. The van der Waals surface area contributed by atoms with Crippen LogP contribution in [0, 0.1) is 5.82 Å². The van der Waals surface area contributed by atoms with Crippen LogP contribution in [-0.4, -0.2) is 43.8 Å². The maximum Gasteiger partial charge on any atom is 0.264 e. The van der Waals surface area contributed by atoms with E-state index in [-0.39, 0.29) is 45.2 Å². The summed E-state index contributed by atoms with van der Waals surface area (Å²) in [5.74, 6) is -1.72. The number of hydrogen-bond donors (Lipinski definition) is 1. The molecule has 4 aromatic rings. The van der Waals surface area contributed by atoms with E-state index in [4.69, 9.17) is 23.2 Å². The summed E-state index contributed by atoms with van der Waals surface area (Å²) in [5, 5.41) is 3.24. The summed E-state index contributed by atoms with van der Waals surface area (Å²) in [6.45, 7) is 2.78. The molecule has 0 radical (unpaired) electrons. The van der Waals surface area contributed by atoms with Crippen LogP contribution < -0.4 is 9.62 Å². The maximum absolute atomic E-state index is 15.0. The Morgan fingerprint density at radius 1 is 0.867 bits per heavy atom. The van der Waals surface area contributed by atoms with E-state index in [0.717, 1.165) is 9.87 Å². The molecule has 0 saturated heterocycles. The summed E-state index contributed by atoms with van der Waals surface area (Å²) in [5.41, 5.74) is 1.04. The van der Waals surface area contributed by atoms with Crippen LogP contribution in [0.15, 0.2) is 108 Å². The molecule has 0 aliphatic carbocycles. The van der Waals surface area contributed by atoms with Crippen LogP contribution in [0.5, 0.6) is 0 Å². The highest BCUT2D eigenvalue weighted by Gasteiger charge is 2.35. The smallest absolute Gasteiger partial charge is 0.264 e. The van der Waals surface area contributed by atoms with E-state index in [1.807, 2.05) is 44.2 Å². The number of sulfonamides is 1. The lowest BCUT2D eigenvalue weighted by molar-refractivity contribution is -0.140. The van der Waals surface area contributed by atoms with Crippen LogP contribution in [0.1, 0.15) is 31.4 Å². The predicted octanol–water partition coefficient (Wildman–Crippen LogP) is 6.88. The van der Waals surface area contributed by atoms with Crippen LogP contribution in [-0.2, 0) is 32.6 Å². The average molecular weight is 671 g/mol. The number of anilines is 1. The highest BCUT2D eigenvalue weighted by Crippen LogP contribution is 2.31. The van der Waals surface area contributed by atoms with Crippen molar-refractivity contribution in [3.05, 3.63) is 130 Å². The Hall–Kier alpha value is -3.92. The van der Waals surface area contributed by atoms with Crippen molar-refractivity contribution in [3.63, 3.8) is 0 Å². The molecule has 0 spiro atoms. The minimum Gasteiger partial charge on any atom is -0.352 e. The fourth-order valence-electron chi connectivity index (χ4n) is 4.69. The van der Waals surface area contributed by atoms with Gasteiger partial charge < -0.3 is 10.2 Å². The molecule has 0 saturated carbocycles. The number of carbonyl (C=O) groups excluding carboxylic acids is 2. The number of amides is 2. The van der Waals surface area contributed by atoms with Crippen molar-refractivity contribution in [2.45, 2.75) is 50.2 Å². The average Bonchev–Trinajstić information content (AvgIpc) is 3.04. The second kappa shape index (κ2) is 15.4. The number of benzene rings is 4. The van der Waals surface area contributed by atoms with Gasteiger partial charge in [0.2, 0.25) is 11.8 Å². The van der Waals surface area contributed by atoms with Gasteiger partial charge in [0.25, 0.3) is 10.0 Å². The van der Waals surface area contributed by atoms with Crippen LogP contribution >= 0.6 is 23.2 Å². The number of halogens is 3. The van der Waals surface area contributed by atoms with Gasteiger partial charge in [0.05, 0.1) is 20.6 Å². The summed E-state index contributed by atoms with van der Waals surface area (Å²) < 4.78 is 44.0. The first-order chi connectivity index (χ1) is 21.5. The molecule has 1 N–H and O–H groups in total. The van der Waals surface area contributed by atoms with E-state index >= 15 is 4.39 Å². The van der Waals surface area contributed by atoms with E-state index in [1.54, 1.807) is 24.3 Å². The van der Waals surface area contributed by atoms with Crippen molar-refractivity contribution in [1.82, 2.24) is 10.2 Å². The molecular weight excluding hydrogens is 636 g/mol. The van der Waals surface area contributed by atoms with Gasteiger partial charge in [-0.2, -0.15) is 0 Å². The Morgan fingerprint density at radius 3 is 2.11 bits per heavy atom. The molecule has 236 valence electrons. The number of hydrogen-bond acceptors (Lipinski definition) is 4. The number of nitrogens with zero attached hydrogens (tertiary/aromatic N) is 2. The fourth-order valence-corrected chi connectivity index (χ4v) is 6.41. The predicted molar refractivity (Wildman–Crippen MR) is 176 cm³/mol. The molecule has 2 amide bonds. The summed E-state index contributed by atoms with van der Waals surface area (Å²) in [4.78, 5) is 29.4. The lowest BCUT2D eigenvalue weighted by atomic mass is 10.0. The molecule has 0 fully saturated rings.